The number of nitrogens with zero attached hydrogens (tertiary/aromatic N) is 1. The number of hydrogen-bond donors (Lipinski definition) is 1. The smallest absolute Gasteiger partial charge is 0.406 e. The summed E-state index contributed by atoms with van der Waals surface area (Å²) in [6.07, 6.45) is -3.44. The van der Waals surface area contributed by atoms with Gasteiger partial charge in [-0.2, -0.15) is 0 Å². The van der Waals surface area contributed by atoms with Gasteiger partial charge in [-0.1, -0.05) is 18.2 Å². The largest absolute Gasteiger partial charge is 0.573 e. The minimum absolute atomic E-state index is 0.155. The van der Waals surface area contributed by atoms with E-state index in [1.54, 1.807) is 17.0 Å². The lowest BCUT2D eigenvalue weighted by Crippen LogP contribution is -2.43. The molecule has 0 radical (unpaired) electrons. The monoisotopic (exact) mass is 392 g/mol. The Labute approximate surface area is 160 Å². The number of benzene rings is 2. The van der Waals surface area contributed by atoms with Crippen molar-refractivity contribution in [3.8, 4) is 5.75 Å². The van der Waals surface area contributed by atoms with Crippen LogP contribution in [-0.4, -0.2) is 36.2 Å². The summed E-state index contributed by atoms with van der Waals surface area (Å²) in [6.45, 7) is 0.757. The van der Waals surface area contributed by atoms with E-state index in [4.69, 9.17) is 0 Å². The molecule has 0 aliphatic carbocycles. The number of nitrogens with one attached hydrogen (secondary N) is 1. The van der Waals surface area contributed by atoms with Gasteiger partial charge in [-0.05, 0) is 49.2 Å². The molecule has 2 aromatic rings. The third kappa shape index (κ3) is 5.25. The molecule has 0 spiro atoms. The lowest BCUT2D eigenvalue weighted by molar-refractivity contribution is -0.274. The minimum atomic E-state index is -4.78. The Morgan fingerprint density at radius 3 is 2.36 bits per heavy atom. The Kier molecular flexibility index (Phi) is 5.87. The predicted molar refractivity (Wildman–Crippen MR) is 96.8 cm³/mol. The van der Waals surface area contributed by atoms with E-state index in [0.717, 1.165) is 12.1 Å². The summed E-state index contributed by atoms with van der Waals surface area (Å²) in [5, 5.41) is 2.84. The number of ether oxygens (including phenoxy) is 1. The second kappa shape index (κ2) is 8.33. The number of likely N-dealkylation sites (tertiary alicyclic amines) is 1. The van der Waals surface area contributed by atoms with Crippen molar-refractivity contribution in [2.24, 2.45) is 5.92 Å². The van der Waals surface area contributed by atoms with Gasteiger partial charge in [0.2, 0.25) is 5.91 Å². The minimum Gasteiger partial charge on any atom is -0.406 e. The number of piperidine rings is 1. The molecule has 1 aliphatic rings. The Balaban J connectivity index is 1.61. The maximum Gasteiger partial charge on any atom is 0.573 e. The van der Waals surface area contributed by atoms with Gasteiger partial charge in [-0.15, -0.1) is 13.2 Å². The molecule has 2 aromatic carbocycles. The van der Waals surface area contributed by atoms with Crippen molar-refractivity contribution in [3.05, 3.63) is 60.2 Å². The second-order valence-corrected chi connectivity index (χ2v) is 6.52. The number of anilines is 1. The third-order valence-corrected chi connectivity index (χ3v) is 4.46. The first-order valence-corrected chi connectivity index (χ1v) is 8.83. The van der Waals surface area contributed by atoms with Gasteiger partial charge in [0.25, 0.3) is 5.91 Å². The van der Waals surface area contributed by atoms with E-state index in [-0.39, 0.29) is 35.6 Å². The highest BCUT2D eigenvalue weighted by Gasteiger charge is 2.32. The first kappa shape index (κ1) is 19.7. The topological polar surface area (TPSA) is 58.6 Å². The fourth-order valence-corrected chi connectivity index (χ4v) is 3.12. The molecular weight excluding hydrogens is 373 g/mol. The van der Waals surface area contributed by atoms with E-state index < -0.39 is 6.36 Å². The van der Waals surface area contributed by atoms with Gasteiger partial charge >= 0.3 is 6.36 Å². The van der Waals surface area contributed by atoms with Crippen molar-refractivity contribution in [2.45, 2.75) is 19.2 Å². The summed E-state index contributed by atoms with van der Waals surface area (Å²) in [5.41, 5.74) is 0.940. The lowest BCUT2D eigenvalue weighted by atomic mass is 9.96. The van der Waals surface area contributed by atoms with Crippen LogP contribution < -0.4 is 10.1 Å². The molecule has 0 saturated carbocycles. The molecule has 1 unspecified atom stereocenters. The molecule has 2 amide bonds. The van der Waals surface area contributed by atoms with E-state index in [2.05, 4.69) is 10.1 Å². The SMILES string of the molecule is O=C(Nc1ccccc1)C1CCCN(C(=O)c2ccc(OC(F)(F)F)cc2)C1. The summed E-state index contributed by atoms with van der Waals surface area (Å²) in [6, 6.07) is 13.8. The third-order valence-electron chi connectivity index (χ3n) is 4.46. The Morgan fingerprint density at radius 2 is 1.71 bits per heavy atom. The number of carbonyl (C=O) groups is 2. The van der Waals surface area contributed by atoms with Crippen molar-refractivity contribution < 1.29 is 27.5 Å². The van der Waals surface area contributed by atoms with Crippen LogP contribution in [0.15, 0.2) is 54.6 Å². The molecule has 148 valence electrons. The maximum atomic E-state index is 12.7. The van der Waals surface area contributed by atoms with Crippen LogP contribution in [0.5, 0.6) is 5.75 Å². The molecule has 1 heterocycles. The van der Waals surface area contributed by atoms with Crippen molar-refractivity contribution in [2.75, 3.05) is 18.4 Å². The van der Waals surface area contributed by atoms with Gasteiger partial charge in [0.1, 0.15) is 5.75 Å². The van der Waals surface area contributed by atoms with Crippen LogP contribution in [0.1, 0.15) is 23.2 Å². The molecule has 1 saturated heterocycles. The highest BCUT2D eigenvalue weighted by atomic mass is 19.4. The predicted octanol–water partition coefficient (Wildman–Crippen LogP) is 4.08. The zero-order chi connectivity index (χ0) is 20.1. The molecule has 0 aromatic heterocycles. The first-order chi connectivity index (χ1) is 13.3. The molecule has 1 fully saturated rings. The number of rotatable bonds is 4. The van der Waals surface area contributed by atoms with Crippen molar-refractivity contribution >= 4 is 17.5 Å². The number of carbonyl (C=O) groups excluding carboxylic acids is 2. The van der Waals surface area contributed by atoms with Crippen LogP contribution in [0, 0.1) is 5.92 Å². The second-order valence-electron chi connectivity index (χ2n) is 6.52. The van der Waals surface area contributed by atoms with Gasteiger partial charge in [-0.25, -0.2) is 0 Å². The molecule has 8 heteroatoms. The van der Waals surface area contributed by atoms with E-state index in [1.165, 1.54) is 12.1 Å². The quantitative estimate of drug-likeness (QED) is 0.853. The fraction of sp³-hybridized carbons (Fsp3) is 0.300. The Bertz CT molecular complexity index is 823. The van der Waals surface area contributed by atoms with Crippen LogP contribution in [0.25, 0.3) is 0 Å². The number of para-hydroxylation sites is 1. The number of hydrogen-bond acceptors (Lipinski definition) is 3. The van der Waals surface area contributed by atoms with E-state index >= 15 is 0 Å². The number of alkyl halides is 3. The Hall–Kier alpha value is -3.03. The van der Waals surface area contributed by atoms with Crippen molar-refractivity contribution in [3.63, 3.8) is 0 Å². The van der Waals surface area contributed by atoms with Crippen LogP contribution in [0.4, 0.5) is 18.9 Å². The van der Waals surface area contributed by atoms with E-state index in [1.807, 2.05) is 18.2 Å². The number of amides is 2. The summed E-state index contributed by atoms with van der Waals surface area (Å²) < 4.78 is 40.5. The Morgan fingerprint density at radius 1 is 1.04 bits per heavy atom. The van der Waals surface area contributed by atoms with Gasteiger partial charge in [-0.3, -0.25) is 9.59 Å². The first-order valence-electron chi connectivity index (χ1n) is 8.83. The van der Waals surface area contributed by atoms with Gasteiger partial charge in [0, 0.05) is 24.3 Å². The molecular formula is C20H19F3N2O3. The van der Waals surface area contributed by atoms with Crippen LogP contribution in [0.2, 0.25) is 0 Å². The number of halogens is 3. The van der Waals surface area contributed by atoms with Gasteiger partial charge in [0.15, 0.2) is 0 Å². The van der Waals surface area contributed by atoms with Crippen molar-refractivity contribution in [1.29, 1.82) is 0 Å². The summed E-state index contributed by atoms with van der Waals surface area (Å²) in [4.78, 5) is 26.7. The fourth-order valence-electron chi connectivity index (χ4n) is 3.12. The standard InChI is InChI=1S/C20H19F3N2O3/c21-20(22,23)28-17-10-8-14(9-11-17)19(27)25-12-4-5-15(13-25)18(26)24-16-6-2-1-3-7-16/h1-3,6-11,15H,4-5,12-13H2,(H,24,26). The summed E-state index contributed by atoms with van der Waals surface area (Å²) in [7, 11) is 0. The molecule has 1 atom stereocenters. The normalized spacial score (nSPS) is 17.1. The zero-order valence-electron chi connectivity index (χ0n) is 14.9. The van der Waals surface area contributed by atoms with Gasteiger partial charge in [0.05, 0.1) is 5.92 Å². The highest BCUT2D eigenvalue weighted by Crippen LogP contribution is 2.24. The van der Waals surface area contributed by atoms with Gasteiger partial charge < -0.3 is 15.0 Å². The average molecular weight is 392 g/mol. The average Bonchev–Trinajstić information content (AvgIpc) is 2.68. The molecule has 1 aliphatic heterocycles. The summed E-state index contributed by atoms with van der Waals surface area (Å²) >= 11 is 0. The maximum absolute atomic E-state index is 12.7. The van der Waals surface area contributed by atoms with Crippen LogP contribution in [0.3, 0.4) is 0 Å². The van der Waals surface area contributed by atoms with E-state index in [0.29, 0.717) is 25.1 Å². The molecule has 3 rings (SSSR count). The van der Waals surface area contributed by atoms with Crippen molar-refractivity contribution in [1.82, 2.24) is 4.90 Å². The van der Waals surface area contributed by atoms with Crippen LogP contribution in [-0.2, 0) is 4.79 Å². The van der Waals surface area contributed by atoms with E-state index in [9.17, 15) is 22.8 Å². The molecule has 1 N–H and O–H groups in total. The zero-order valence-corrected chi connectivity index (χ0v) is 14.9. The molecule has 5 nitrogen and oxygen atoms in total. The lowest BCUT2D eigenvalue weighted by Gasteiger charge is -2.32. The summed E-state index contributed by atoms with van der Waals surface area (Å²) in [5.74, 6) is -1.21. The molecule has 0 bridgehead atoms. The van der Waals surface area contributed by atoms with Crippen LogP contribution >= 0.6 is 0 Å². The molecule has 28 heavy (non-hydrogen) atoms. The highest BCUT2D eigenvalue weighted by molar-refractivity contribution is 5.96.